The predicted molar refractivity (Wildman–Crippen MR) is 55.6 cm³/mol. The second-order valence-electron chi connectivity index (χ2n) is 3.11. The van der Waals surface area contributed by atoms with E-state index in [2.05, 4.69) is 0 Å². The van der Waals surface area contributed by atoms with Crippen LogP contribution in [0.25, 0.3) is 0 Å². The van der Waals surface area contributed by atoms with E-state index in [4.69, 9.17) is 0 Å². The molecule has 6 heteroatoms. The molecule has 0 aliphatic carbocycles. The summed E-state index contributed by atoms with van der Waals surface area (Å²) in [7, 11) is -3.38. The first-order valence-electron chi connectivity index (χ1n) is 4.36. The minimum Gasteiger partial charge on any atom is -0.258 e. The van der Waals surface area contributed by atoms with E-state index < -0.39 is 14.8 Å². The number of aryl methyl sites for hydroxylation is 1. The molecular weight excluding hydrogens is 218 g/mol. The van der Waals surface area contributed by atoms with Gasteiger partial charge in [-0.1, -0.05) is 13.0 Å². The fourth-order valence-corrected chi connectivity index (χ4v) is 2.05. The van der Waals surface area contributed by atoms with Crippen LogP contribution < -0.4 is 0 Å². The third-order valence-electron chi connectivity index (χ3n) is 2.12. The van der Waals surface area contributed by atoms with Gasteiger partial charge < -0.3 is 0 Å². The molecule has 0 bridgehead atoms. The van der Waals surface area contributed by atoms with Crippen LogP contribution in [-0.4, -0.2) is 19.1 Å². The first-order valence-corrected chi connectivity index (χ1v) is 6.01. The van der Waals surface area contributed by atoms with E-state index in [0.717, 1.165) is 6.07 Å². The molecule has 1 aromatic rings. The molecule has 0 radical (unpaired) electrons. The summed E-state index contributed by atoms with van der Waals surface area (Å²) < 4.78 is 22.9. The number of benzene rings is 1. The maximum absolute atomic E-state index is 11.5. The van der Waals surface area contributed by atoms with Crippen molar-refractivity contribution in [3.05, 3.63) is 33.9 Å². The molecule has 0 unspecified atom stereocenters. The van der Waals surface area contributed by atoms with Gasteiger partial charge in [-0.25, -0.2) is 8.42 Å². The highest BCUT2D eigenvalue weighted by Gasteiger charge is 2.17. The van der Waals surface area contributed by atoms with Crippen molar-refractivity contribution in [2.24, 2.45) is 0 Å². The summed E-state index contributed by atoms with van der Waals surface area (Å²) in [6.07, 6.45) is 0. The van der Waals surface area contributed by atoms with Gasteiger partial charge in [0.2, 0.25) is 0 Å². The average Bonchev–Trinajstić information content (AvgIpc) is 2.17. The van der Waals surface area contributed by atoms with Crippen molar-refractivity contribution in [2.75, 3.05) is 5.75 Å². The average molecular weight is 229 g/mol. The highest BCUT2D eigenvalue weighted by molar-refractivity contribution is 7.91. The number of rotatable bonds is 3. The number of nitro groups is 1. The molecule has 0 aliphatic rings. The molecule has 82 valence electrons. The Morgan fingerprint density at radius 1 is 1.40 bits per heavy atom. The first kappa shape index (κ1) is 11.6. The van der Waals surface area contributed by atoms with E-state index in [0.29, 0.717) is 5.56 Å². The van der Waals surface area contributed by atoms with E-state index in [9.17, 15) is 18.5 Å². The third-order valence-corrected chi connectivity index (χ3v) is 3.85. The minimum atomic E-state index is -3.38. The molecule has 5 nitrogen and oxygen atoms in total. The van der Waals surface area contributed by atoms with Gasteiger partial charge in [0.05, 0.1) is 15.6 Å². The van der Waals surface area contributed by atoms with Crippen molar-refractivity contribution >= 4 is 15.5 Å². The molecule has 0 heterocycles. The lowest BCUT2D eigenvalue weighted by Gasteiger charge is -2.02. The summed E-state index contributed by atoms with van der Waals surface area (Å²) in [6.45, 7) is 3.07. The number of hydrogen-bond donors (Lipinski definition) is 0. The minimum absolute atomic E-state index is 0.00213. The Balaban J connectivity index is 3.38. The molecule has 0 saturated carbocycles. The molecule has 0 N–H and O–H groups in total. The van der Waals surface area contributed by atoms with E-state index in [1.54, 1.807) is 6.92 Å². The zero-order valence-corrected chi connectivity index (χ0v) is 9.24. The number of sulfone groups is 1. The van der Waals surface area contributed by atoms with Gasteiger partial charge in [0, 0.05) is 11.6 Å². The lowest BCUT2D eigenvalue weighted by Crippen LogP contribution is -2.04. The van der Waals surface area contributed by atoms with Crippen LogP contribution >= 0.6 is 0 Å². The van der Waals surface area contributed by atoms with E-state index >= 15 is 0 Å². The largest absolute Gasteiger partial charge is 0.273 e. The fourth-order valence-electron chi connectivity index (χ4n) is 1.15. The van der Waals surface area contributed by atoms with Crippen LogP contribution in [-0.2, 0) is 9.84 Å². The first-order chi connectivity index (χ1) is 6.88. The van der Waals surface area contributed by atoms with Crippen LogP contribution in [0.2, 0.25) is 0 Å². The summed E-state index contributed by atoms with van der Waals surface area (Å²) in [5, 5.41) is 10.6. The van der Waals surface area contributed by atoms with Crippen LogP contribution in [0.4, 0.5) is 5.69 Å². The second kappa shape index (κ2) is 3.98. The van der Waals surface area contributed by atoms with Crippen LogP contribution in [0, 0.1) is 17.0 Å². The lowest BCUT2D eigenvalue weighted by atomic mass is 10.2. The van der Waals surface area contributed by atoms with Gasteiger partial charge in [-0.3, -0.25) is 10.1 Å². The Labute approximate surface area is 87.8 Å². The smallest absolute Gasteiger partial charge is 0.258 e. The Morgan fingerprint density at radius 2 is 2.00 bits per heavy atom. The van der Waals surface area contributed by atoms with E-state index in [-0.39, 0.29) is 16.3 Å². The monoisotopic (exact) mass is 229 g/mol. The normalized spacial score (nSPS) is 11.3. The van der Waals surface area contributed by atoms with Gasteiger partial charge in [0.1, 0.15) is 0 Å². The molecule has 15 heavy (non-hydrogen) atoms. The van der Waals surface area contributed by atoms with Gasteiger partial charge in [-0.15, -0.1) is 0 Å². The maximum Gasteiger partial charge on any atom is 0.273 e. The van der Waals surface area contributed by atoms with Crippen LogP contribution in [0.15, 0.2) is 23.1 Å². The van der Waals surface area contributed by atoms with Gasteiger partial charge in [-0.05, 0) is 13.0 Å². The summed E-state index contributed by atoms with van der Waals surface area (Å²) >= 11 is 0. The summed E-state index contributed by atoms with van der Waals surface area (Å²) in [5.74, 6) is -0.0623. The topological polar surface area (TPSA) is 77.3 Å². The Kier molecular flexibility index (Phi) is 3.09. The zero-order valence-electron chi connectivity index (χ0n) is 8.43. The second-order valence-corrected chi connectivity index (χ2v) is 5.39. The van der Waals surface area contributed by atoms with Gasteiger partial charge in [0.15, 0.2) is 9.84 Å². The number of nitrogens with zero attached hydrogens (tertiary/aromatic N) is 1. The summed E-state index contributed by atoms with van der Waals surface area (Å²) in [6, 6.07) is 3.94. The molecular formula is C9H11NO4S. The molecule has 0 spiro atoms. The van der Waals surface area contributed by atoms with E-state index in [1.165, 1.54) is 19.1 Å². The SMILES string of the molecule is CCS(=O)(=O)c1ccc(C)c([N+](=O)[O-])c1. The quantitative estimate of drug-likeness (QED) is 0.583. The lowest BCUT2D eigenvalue weighted by molar-refractivity contribution is -0.385. The molecule has 0 saturated heterocycles. The number of hydrogen-bond acceptors (Lipinski definition) is 4. The highest BCUT2D eigenvalue weighted by atomic mass is 32.2. The molecule has 0 aliphatic heterocycles. The van der Waals surface area contributed by atoms with E-state index in [1.807, 2.05) is 0 Å². The Hall–Kier alpha value is -1.43. The molecule has 0 aromatic heterocycles. The fraction of sp³-hybridized carbons (Fsp3) is 0.333. The standard InChI is InChI=1S/C9H11NO4S/c1-3-15(13,14)8-5-4-7(2)9(6-8)10(11)12/h4-6H,3H2,1-2H3. The van der Waals surface area contributed by atoms with Gasteiger partial charge in [0.25, 0.3) is 5.69 Å². The summed E-state index contributed by atoms with van der Waals surface area (Å²) in [5.41, 5.74) is 0.291. The maximum atomic E-state index is 11.5. The zero-order chi connectivity index (χ0) is 11.6. The molecule has 0 fully saturated rings. The number of nitro benzene ring substituents is 1. The van der Waals surface area contributed by atoms with Crippen LogP contribution in [0.3, 0.4) is 0 Å². The Morgan fingerprint density at radius 3 is 2.47 bits per heavy atom. The highest BCUT2D eigenvalue weighted by Crippen LogP contribution is 2.22. The molecule has 0 atom stereocenters. The predicted octanol–water partition coefficient (Wildman–Crippen LogP) is 1.70. The molecule has 1 aromatic carbocycles. The van der Waals surface area contributed by atoms with Crippen LogP contribution in [0.1, 0.15) is 12.5 Å². The third kappa shape index (κ3) is 2.33. The van der Waals surface area contributed by atoms with Crippen molar-refractivity contribution in [1.82, 2.24) is 0 Å². The van der Waals surface area contributed by atoms with Crippen LogP contribution in [0.5, 0.6) is 0 Å². The summed E-state index contributed by atoms with van der Waals surface area (Å²) in [4.78, 5) is 10.0. The van der Waals surface area contributed by atoms with Crippen molar-refractivity contribution in [1.29, 1.82) is 0 Å². The Bertz CT molecular complexity index is 493. The van der Waals surface area contributed by atoms with Crippen molar-refractivity contribution in [2.45, 2.75) is 18.7 Å². The van der Waals surface area contributed by atoms with Crippen molar-refractivity contribution in [3.63, 3.8) is 0 Å². The molecule has 1 rings (SSSR count). The van der Waals surface area contributed by atoms with Gasteiger partial charge in [-0.2, -0.15) is 0 Å². The van der Waals surface area contributed by atoms with Gasteiger partial charge >= 0.3 is 0 Å². The molecule has 0 amide bonds. The van der Waals surface area contributed by atoms with Crippen molar-refractivity contribution in [3.8, 4) is 0 Å². The van der Waals surface area contributed by atoms with Crippen molar-refractivity contribution < 1.29 is 13.3 Å².